The van der Waals surface area contributed by atoms with Gasteiger partial charge in [0, 0.05) is 30.5 Å². The number of phenols is 1. The van der Waals surface area contributed by atoms with E-state index in [-0.39, 0.29) is 23.9 Å². The summed E-state index contributed by atoms with van der Waals surface area (Å²) in [4.78, 5) is 11.9. The Bertz CT molecular complexity index is 1130. The van der Waals surface area contributed by atoms with Crippen molar-refractivity contribution in [3.63, 3.8) is 0 Å². The van der Waals surface area contributed by atoms with Gasteiger partial charge in [-0.2, -0.15) is 0 Å². The lowest BCUT2D eigenvalue weighted by atomic mass is 10.1. The number of phenolic OH excluding ortho intramolecular Hbond substituents is 1. The third kappa shape index (κ3) is 3.08. The molecule has 3 aromatic rings. The van der Waals surface area contributed by atoms with Gasteiger partial charge in [0.25, 0.3) is 0 Å². The number of nitrogens with one attached hydrogen (secondary N) is 2. The minimum atomic E-state index is 0.0913. The van der Waals surface area contributed by atoms with Gasteiger partial charge < -0.3 is 25.0 Å². The van der Waals surface area contributed by atoms with Gasteiger partial charge in [-0.05, 0) is 49.6 Å². The van der Waals surface area contributed by atoms with Crippen LogP contribution in [0.2, 0.25) is 0 Å². The normalized spacial score (nSPS) is 17.6. The van der Waals surface area contributed by atoms with Crippen molar-refractivity contribution in [3.8, 4) is 5.75 Å². The molecule has 7 nitrogen and oxygen atoms in total. The van der Waals surface area contributed by atoms with E-state index in [1.165, 1.54) is 24.9 Å². The Balaban J connectivity index is 1.46. The molecular weight excluding hydrogens is 366 g/mol. The zero-order valence-corrected chi connectivity index (χ0v) is 16.0. The summed E-state index contributed by atoms with van der Waals surface area (Å²) in [7, 11) is 0. The molecular formula is C22H23N5O2. The second-order valence-corrected chi connectivity index (χ2v) is 7.61. The fourth-order valence-corrected chi connectivity index (χ4v) is 4.17. The Morgan fingerprint density at radius 2 is 1.79 bits per heavy atom. The standard InChI is InChI=1S/C22H23N5O2/c23-21-20(19(29)13-27(21)15-5-4-6-16(28)11-15)22-24-17-8-7-14(12-18(17)25-22)26-9-2-1-3-10-26/h4-8,11-12,23,28-29H,1-3,9-10,13H2,(H,24,25). The predicted molar refractivity (Wildman–Crippen MR) is 115 cm³/mol. The highest BCUT2D eigenvalue weighted by molar-refractivity contribution is 6.30. The summed E-state index contributed by atoms with van der Waals surface area (Å²) in [6.45, 7) is 2.32. The van der Waals surface area contributed by atoms with Gasteiger partial charge in [0.2, 0.25) is 0 Å². The summed E-state index contributed by atoms with van der Waals surface area (Å²) < 4.78 is 0. The predicted octanol–water partition coefficient (Wildman–Crippen LogP) is 4.03. The van der Waals surface area contributed by atoms with E-state index in [4.69, 9.17) is 5.41 Å². The number of hydrogen-bond acceptors (Lipinski definition) is 5. The van der Waals surface area contributed by atoms with Crippen LogP contribution in [0.1, 0.15) is 25.1 Å². The topological polar surface area (TPSA) is 99.5 Å². The van der Waals surface area contributed by atoms with Crippen LogP contribution in [0.5, 0.6) is 5.75 Å². The number of aromatic nitrogens is 2. The molecule has 1 fully saturated rings. The Morgan fingerprint density at radius 1 is 0.966 bits per heavy atom. The minimum Gasteiger partial charge on any atom is -0.509 e. The van der Waals surface area contributed by atoms with Crippen molar-refractivity contribution in [2.24, 2.45) is 0 Å². The van der Waals surface area contributed by atoms with Gasteiger partial charge in [0.05, 0.1) is 23.2 Å². The van der Waals surface area contributed by atoms with Crippen LogP contribution in [-0.2, 0) is 0 Å². The number of hydrogen-bond donors (Lipinski definition) is 4. The Hall–Kier alpha value is -3.48. The van der Waals surface area contributed by atoms with E-state index in [1.807, 2.05) is 6.07 Å². The number of anilines is 2. The average molecular weight is 389 g/mol. The van der Waals surface area contributed by atoms with Crippen molar-refractivity contribution in [2.45, 2.75) is 19.3 Å². The molecule has 7 heteroatoms. The third-order valence-electron chi connectivity index (χ3n) is 5.67. The molecule has 0 amide bonds. The highest BCUT2D eigenvalue weighted by Crippen LogP contribution is 2.32. The molecule has 0 saturated carbocycles. The van der Waals surface area contributed by atoms with Crippen molar-refractivity contribution in [2.75, 3.05) is 29.4 Å². The maximum Gasteiger partial charge on any atom is 0.145 e. The quantitative estimate of drug-likeness (QED) is 0.542. The smallest absolute Gasteiger partial charge is 0.145 e. The van der Waals surface area contributed by atoms with Gasteiger partial charge in [0.15, 0.2) is 0 Å². The van der Waals surface area contributed by atoms with Crippen molar-refractivity contribution < 1.29 is 10.2 Å². The number of fused-ring (bicyclic) bond motifs is 1. The molecule has 1 aromatic heterocycles. The summed E-state index contributed by atoms with van der Waals surface area (Å²) in [5.74, 6) is 0.857. The SMILES string of the molecule is N=C1C(c2nc3ccc(N4CCCCC4)cc3[nH]2)=C(O)CN1c1cccc(O)c1. The number of aliphatic hydroxyl groups is 1. The minimum absolute atomic E-state index is 0.0913. The lowest BCUT2D eigenvalue weighted by Gasteiger charge is -2.28. The van der Waals surface area contributed by atoms with E-state index in [9.17, 15) is 10.2 Å². The Labute approximate surface area is 168 Å². The fraction of sp³-hybridized carbons (Fsp3) is 0.273. The molecule has 0 spiro atoms. The molecule has 0 unspecified atom stereocenters. The van der Waals surface area contributed by atoms with E-state index in [0.717, 1.165) is 24.1 Å². The highest BCUT2D eigenvalue weighted by Gasteiger charge is 2.31. The summed E-state index contributed by atoms with van der Waals surface area (Å²) >= 11 is 0. The molecule has 3 heterocycles. The zero-order valence-electron chi connectivity index (χ0n) is 16.0. The first-order valence-electron chi connectivity index (χ1n) is 9.93. The van der Waals surface area contributed by atoms with Crippen molar-refractivity contribution in [1.29, 1.82) is 5.41 Å². The largest absolute Gasteiger partial charge is 0.509 e. The lowest BCUT2D eigenvalue weighted by Crippen LogP contribution is -2.29. The summed E-state index contributed by atoms with van der Waals surface area (Å²) in [5.41, 5.74) is 3.93. The number of rotatable bonds is 3. The monoisotopic (exact) mass is 389 g/mol. The van der Waals surface area contributed by atoms with E-state index in [0.29, 0.717) is 17.1 Å². The number of aromatic amines is 1. The van der Waals surface area contributed by atoms with E-state index >= 15 is 0 Å². The molecule has 4 N–H and O–H groups in total. The van der Waals surface area contributed by atoms with Gasteiger partial charge in [-0.25, -0.2) is 4.98 Å². The van der Waals surface area contributed by atoms with Gasteiger partial charge >= 0.3 is 0 Å². The number of imidazole rings is 1. The average Bonchev–Trinajstić information content (AvgIpc) is 3.27. The van der Waals surface area contributed by atoms with Crippen LogP contribution in [0.15, 0.2) is 48.2 Å². The summed E-state index contributed by atoms with van der Waals surface area (Å²) in [6, 6.07) is 12.9. The maximum absolute atomic E-state index is 10.6. The molecule has 1 saturated heterocycles. The van der Waals surface area contributed by atoms with Crippen LogP contribution in [-0.4, -0.2) is 45.7 Å². The first-order chi connectivity index (χ1) is 14.1. The number of benzene rings is 2. The van der Waals surface area contributed by atoms with E-state index in [2.05, 4.69) is 27.0 Å². The molecule has 0 radical (unpaired) electrons. The number of aliphatic hydroxyl groups excluding tert-OH is 1. The fourth-order valence-electron chi connectivity index (χ4n) is 4.17. The molecule has 2 aromatic carbocycles. The molecule has 2 aliphatic rings. The van der Waals surface area contributed by atoms with Gasteiger partial charge in [-0.1, -0.05) is 6.07 Å². The molecule has 0 atom stereocenters. The van der Waals surface area contributed by atoms with Crippen molar-refractivity contribution >= 4 is 33.8 Å². The molecule has 5 rings (SSSR count). The van der Waals surface area contributed by atoms with Crippen LogP contribution in [0, 0.1) is 5.41 Å². The Kier molecular flexibility index (Phi) is 4.16. The molecule has 29 heavy (non-hydrogen) atoms. The molecule has 148 valence electrons. The van der Waals surface area contributed by atoms with Crippen LogP contribution < -0.4 is 9.80 Å². The number of amidine groups is 1. The van der Waals surface area contributed by atoms with Crippen molar-refractivity contribution in [3.05, 3.63) is 54.0 Å². The second-order valence-electron chi connectivity index (χ2n) is 7.61. The molecule has 0 aliphatic carbocycles. The van der Waals surface area contributed by atoms with Gasteiger partial charge in [0.1, 0.15) is 23.2 Å². The first kappa shape index (κ1) is 17.6. The summed E-state index contributed by atoms with van der Waals surface area (Å²) in [6.07, 6.45) is 3.72. The number of piperidine rings is 1. The van der Waals surface area contributed by atoms with Gasteiger partial charge in [-0.3, -0.25) is 5.41 Å². The van der Waals surface area contributed by atoms with Crippen LogP contribution in [0.4, 0.5) is 11.4 Å². The van der Waals surface area contributed by atoms with Gasteiger partial charge in [-0.15, -0.1) is 0 Å². The first-order valence-corrected chi connectivity index (χ1v) is 9.93. The van der Waals surface area contributed by atoms with Crippen LogP contribution in [0.3, 0.4) is 0 Å². The molecule has 0 bridgehead atoms. The number of H-pyrrole nitrogens is 1. The number of nitrogens with zero attached hydrogens (tertiary/aromatic N) is 3. The van der Waals surface area contributed by atoms with Crippen LogP contribution >= 0.6 is 0 Å². The van der Waals surface area contributed by atoms with E-state index < -0.39 is 0 Å². The lowest BCUT2D eigenvalue weighted by molar-refractivity contribution is 0.411. The second kappa shape index (κ2) is 6.84. The third-order valence-corrected chi connectivity index (χ3v) is 5.67. The highest BCUT2D eigenvalue weighted by atomic mass is 16.3. The van der Waals surface area contributed by atoms with E-state index in [1.54, 1.807) is 29.2 Å². The maximum atomic E-state index is 10.6. The summed E-state index contributed by atoms with van der Waals surface area (Å²) in [5, 5.41) is 28.9. The molecule has 2 aliphatic heterocycles. The number of aromatic hydroxyl groups is 1. The zero-order chi connectivity index (χ0) is 20.0. The Morgan fingerprint density at radius 3 is 2.59 bits per heavy atom. The van der Waals surface area contributed by atoms with Crippen molar-refractivity contribution in [1.82, 2.24) is 9.97 Å². The van der Waals surface area contributed by atoms with Crippen LogP contribution in [0.25, 0.3) is 16.6 Å².